The first-order valence-electron chi connectivity index (χ1n) is 9.71. The fourth-order valence-corrected chi connectivity index (χ4v) is 3.46. The lowest BCUT2D eigenvalue weighted by Crippen LogP contribution is -2.50. The Balaban J connectivity index is 1.60. The Morgan fingerprint density at radius 1 is 0.929 bits per heavy atom. The third-order valence-electron chi connectivity index (χ3n) is 4.92. The van der Waals surface area contributed by atoms with E-state index in [0.717, 1.165) is 35.7 Å². The lowest BCUT2D eigenvalue weighted by molar-refractivity contribution is -0.114. The summed E-state index contributed by atoms with van der Waals surface area (Å²) in [6.07, 6.45) is 0. The van der Waals surface area contributed by atoms with Gasteiger partial charge in [0.05, 0.1) is 0 Å². The Kier molecular flexibility index (Phi) is 6.19. The number of benzene rings is 2. The van der Waals surface area contributed by atoms with Crippen LogP contribution < -0.4 is 15.5 Å². The fourth-order valence-electron chi connectivity index (χ4n) is 3.46. The van der Waals surface area contributed by atoms with Crippen molar-refractivity contribution in [2.45, 2.75) is 26.7 Å². The van der Waals surface area contributed by atoms with Crippen LogP contribution in [-0.4, -0.2) is 43.0 Å². The van der Waals surface area contributed by atoms with E-state index in [9.17, 15) is 9.59 Å². The van der Waals surface area contributed by atoms with Crippen molar-refractivity contribution in [3.05, 3.63) is 54.1 Å². The fraction of sp³-hybridized carbons (Fsp3) is 0.364. The number of carbonyl (C=O) groups is 2. The number of piperazine rings is 1. The average Bonchev–Trinajstić information content (AvgIpc) is 2.68. The van der Waals surface area contributed by atoms with Gasteiger partial charge in [-0.05, 0) is 35.7 Å². The predicted octanol–water partition coefficient (Wildman–Crippen LogP) is 4.12. The highest BCUT2D eigenvalue weighted by molar-refractivity contribution is 5.91. The Hall–Kier alpha value is -3.02. The number of urea groups is 1. The van der Waals surface area contributed by atoms with Crippen molar-refractivity contribution in [3.63, 3.8) is 0 Å². The standard InChI is InChI=1S/C22H28N4O2/c1-16(2)20-9-4-5-10-21(20)24-22(28)26-13-11-25(12-14-26)19-8-6-7-18(15-19)23-17(3)27/h4-10,15-16H,11-14H2,1-3H3,(H,23,27)(H,24,28). The molecule has 2 aromatic rings. The molecule has 1 saturated heterocycles. The topological polar surface area (TPSA) is 64.7 Å². The van der Waals surface area contributed by atoms with E-state index < -0.39 is 0 Å². The molecule has 6 nitrogen and oxygen atoms in total. The van der Waals surface area contributed by atoms with Gasteiger partial charge in [0, 0.05) is 50.2 Å². The number of carbonyl (C=O) groups excluding carboxylic acids is 2. The summed E-state index contributed by atoms with van der Waals surface area (Å²) < 4.78 is 0. The zero-order valence-electron chi connectivity index (χ0n) is 16.7. The van der Waals surface area contributed by atoms with Gasteiger partial charge in [-0.1, -0.05) is 38.1 Å². The number of amides is 3. The van der Waals surface area contributed by atoms with Crippen molar-refractivity contribution >= 4 is 29.0 Å². The molecule has 0 unspecified atom stereocenters. The molecule has 0 aromatic heterocycles. The number of rotatable bonds is 4. The van der Waals surface area contributed by atoms with Crippen LogP contribution in [0.2, 0.25) is 0 Å². The zero-order valence-corrected chi connectivity index (χ0v) is 16.7. The lowest BCUT2D eigenvalue weighted by atomic mass is 10.0. The second-order valence-corrected chi connectivity index (χ2v) is 7.38. The number of para-hydroxylation sites is 1. The molecule has 28 heavy (non-hydrogen) atoms. The zero-order chi connectivity index (χ0) is 20.1. The highest BCUT2D eigenvalue weighted by Crippen LogP contribution is 2.25. The number of hydrogen-bond acceptors (Lipinski definition) is 3. The molecule has 6 heteroatoms. The highest BCUT2D eigenvalue weighted by Gasteiger charge is 2.22. The number of anilines is 3. The van der Waals surface area contributed by atoms with Gasteiger partial charge in [0.25, 0.3) is 0 Å². The summed E-state index contributed by atoms with van der Waals surface area (Å²) in [7, 11) is 0. The molecule has 0 radical (unpaired) electrons. The molecular formula is C22H28N4O2. The molecule has 1 fully saturated rings. The molecule has 1 aliphatic rings. The van der Waals surface area contributed by atoms with Gasteiger partial charge < -0.3 is 20.4 Å². The summed E-state index contributed by atoms with van der Waals surface area (Å²) >= 11 is 0. The van der Waals surface area contributed by atoms with E-state index in [0.29, 0.717) is 19.0 Å². The van der Waals surface area contributed by atoms with Crippen LogP contribution in [0.25, 0.3) is 0 Å². The molecule has 148 valence electrons. The number of nitrogens with one attached hydrogen (secondary N) is 2. The first-order chi connectivity index (χ1) is 13.4. The van der Waals surface area contributed by atoms with Crippen molar-refractivity contribution in [2.24, 2.45) is 0 Å². The molecular weight excluding hydrogens is 352 g/mol. The Labute approximate surface area is 166 Å². The first-order valence-corrected chi connectivity index (χ1v) is 9.71. The third-order valence-corrected chi connectivity index (χ3v) is 4.92. The molecule has 3 rings (SSSR count). The van der Waals surface area contributed by atoms with Gasteiger partial charge in [-0.3, -0.25) is 4.79 Å². The first kappa shape index (κ1) is 19.7. The lowest BCUT2D eigenvalue weighted by Gasteiger charge is -2.36. The van der Waals surface area contributed by atoms with E-state index >= 15 is 0 Å². The predicted molar refractivity (Wildman–Crippen MR) is 114 cm³/mol. The van der Waals surface area contributed by atoms with E-state index in [4.69, 9.17) is 0 Å². The van der Waals surface area contributed by atoms with Crippen molar-refractivity contribution in [1.29, 1.82) is 0 Å². The van der Waals surface area contributed by atoms with Crippen LogP contribution in [0.3, 0.4) is 0 Å². The smallest absolute Gasteiger partial charge is 0.321 e. The molecule has 3 amide bonds. The van der Waals surface area contributed by atoms with Crippen LogP contribution >= 0.6 is 0 Å². The van der Waals surface area contributed by atoms with Crippen LogP contribution in [0.1, 0.15) is 32.3 Å². The van der Waals surface area contributed by atoms with Gasteiger partial charge in [-0.25, -0.2) is 4.79 Å². The molecule has 1 heterocycles. The van der Waals surface area contributed by atoms with Crippen molar-refractivity contribution in [3.8, 4) is 0 Å². The van der Waals surface area contributed by atoms with Gasteiger partial charge in [-0.2, -0.15) is 0 Å². The second-order valence-electron chi connectivity index (χ2n) is 7.38. The minimum Gasteiger partial charge on any atom is -0.368 e. The van der Waals surface area contributed by atoms with Crippen LogP contribution in [0, 0.1) is 0 Å². The molecule has 0 atom stereocenters. The van der Waals surface area contributed by atoms with E-state index in [1.165, 1.54) is 6.92 Å². The second kappa shape index (κ2) is 8.78. The van der Waals surface area contributed by atoms with Gasteiger partial charge in [0.2, 0.25) is 5.91 Å². The molecule has 0 bridgehead atoms. The van der Waals surface area contributed by atoms with E-state index in [2.05, 4.69) is 35.4 Å². The SMILES string of the molecule is CC(=O)Nc1cccc(N2CCN(C(=O)Nc3ccccc3C(C)C)CC2)c1. The summed E-state index contributed by atoms with van der Waals surface area (Å²) in [6.45, 7) is 8.56. The molecule has 1 aliphatic heterocycles. The van der Waals surface area contributed by atoms with Gasteiger partial charge in [0.1, 0.15) is 0 Å². The average molecular weight is 380 g/mol. The third kappa shape index (κ3) is 4.82. The highest BCUT2D eigenvalue weighted by atomic mass is 16.2. The minimum absolute atomic E-state index is 0.0558. The van der Waals surface area contributed by atoms with Crippen molar-refractivity contribution in [1.82, 2.24) is 4.90 Å². The van der Waals surface area contributed by atoms with Crippen LogP contribution in [-0.2, 0) is 4.79 Å². The molecule has 2 N–H and O–H groups in total. The summed E-state index contributed by atoms with van der Waals surface area (Å²) in [5.74, 6) is 0.268. The summed E-state index contributed by atoms with van der Waals surface area (Å²) in [5.41, 5.74) is 3.86. The number of nitrogens with zero attached hydrogens (tertiary/aromatic N) is 2. The number of hydrogen-bond donors (Lipinski definition) is 2. The summed E-state index contributed by atoms with van der Waals surface area (Å²) in [6, 6.07) is 15.7. The van der Waals surface area contributed by atoms with E-state index in [-0.39, 0.29) is 11.9 Å². The van der Waals surface area contributed by atoms with E-state index in [1.54, 1.807) is 0 Å². The van der Waals surface area contributed by atoms with Crippen LogP contribution in [0.4, 0.5) is 21.9 Å². The van der Waals surface area contributed by atoms with Crippen molar-refractivity contribution < 1.29 is 9.59 Å². The van der Waals surface area contributed by atoms with Crippen LogP contribution in [0.15, 0.2) is 48.5 Å². The maximum atomic E-state index is 12.7. The van der Waals surface area contributed by atoms with E-state index in [1.807, 2.05) is 47.4 Å². The van der Waals surface area contributed by atoms with Gasteiger partial charge in [-0.15, -0.1) is 0 Å². The normalized spacial score (nSPS) is 14.1. The largest absolute Gasteiger partial charge is 0.368 e. The molecule has 0 aliphatic carbocycles. The van der Waals surface area contributed by atoms with Gasteiger partial charge >= 0.3 is 6.03 Å². The summed E-state index contributed by atoms with van der Waals surface area (Å²) in [5, 5.41) is 5.88. The van der Waals surface area contributed by atoms with Gasteiger partial charge in [0.15, 0.2) is 0 Å². The van der Waals surface area contributed by atoms with Crippen molar-refractivity contribution in [2.75, 3.05) is 41.7 Å². The summed E-state index contributed by atoms with van der Waals surface area (Å²) in [4.78, 5) is 28.1. The Bertz CT molecular complexity index is 842. The molecule has 0 saturated carbocycles. The minimum atomic E-state index is -0.0830. The molecule has 0 spiro atoms. The molecule has 2 aromatic carbocycles. The maximum absolute atomic E-state index is 12.7. The Morgan fingerprint density at radius 2 is 1.64 bits per heavy atom. The quantitative estimate of drug-likeness (QED) is 0.838. The Morgan fingerprint density at radius 3 is 2.32 bits per heavy atom. The monoisotopic (exact) mass is 380 g/mol. The van der Waals surface area contributed by atoms with Crippen LogP contribution in [0.5, 0.6) is 0 Å². The maximum Gasteiger partial charge on any atom is 0.321 e.